The van der Waals surface area contributed by atoms with Crippen LogP contribution in [0.2, 0.25) is 6.04 Å². The van der Waals surface area contributed by atoms with Crippen LogP contribution in [-0.4, -0.2) is 63.5 Å². The summed E-state index contributed by atoms with van der Waals surface area (Å²) in [6.45, 7) is 7.71. The van der Waals surface area contributed by atoms with Crippen molar-refractivity contribution in [3.63, 3.8) is 0 Å². The van der Waals surface area contributed by atoms with E-state index in [1.807, 2.05) is 57.2 Å². The predicted octanol–water partition coefficient (Wildman–Crippen LogP) is 3.84. The number of rotatable bonds is 14. The van der Waals surface area contributed by atoms with Gasteiger partial charge in [0, 0.05) is 25.4 Å². The lowest BCUT2D eigenvalue weighted by atomic mass is 10.1. The third-order valence-corrected chi connectivity index (χ3v) is 7.22. The smallest absolute Gasteiger partial charge is 0.306 e. The van der Waals surface area contributed by atoms with Crippen molar-refractivity contribution in [3.8, 4) is 0 Å². The summed E-state index contributed by atoms with van der Waals surface area (Å²) in [7, 11) is -1.28. The van der Waals surface area contributed by atoms with Crippen LogP contribution < -0.4 is 0 Å². The lowest BCUT2D eigenvalue weighted by molar-refractivity contribution is -0.385. The number of ether oxygens (including phenoxy) is 4. The van der Waals surface area contributed by atoms with Crippen LogP contribution in [0.5, 0.6) is 0 Å². The molecule has 2 aromatic carbocycles. The molecule has 1 N–H and O–H groups in total. The lowest BCUT2D eigenvalue weighted by Gasteiger charge is -2.31. The molecule has 2 atom stereocenters. The van der Waals surface area contributed by atoms with Crippen LogP contribution in [0.1, 0.15) is 32.8 Å². The van der Waals surface area contributed by atoms with Crippen LogP contribution >= 0.6 is 0 Å². The minimum Gasteiger partial charge on any atom is -0.493 e. The molecular formula is C24H32O7SSi. The maximum Gasteiger partial charge on any atom is 0.306 e. The minimum absolute atomic E-state index is 0.200. The SMILES string of the molecule is CCOC(CO[Si]CCCOC1=CC(O)S(=O)c2cc3ccccc3cc21)(OCC)OCC. The van der Waals surface area contributed by atoms with Crippen molar-refractivity contribution < 1.29 is 32.7 Å². The Morgan fingerprint density at radius 3 is 2.30 bits per heavy atom. The Morgan fingerprint density at radius 2 is 1.67 bits per heavy atom. The number of hydrogen-bond donors (Lipinski definition) is 1. The van der Waals surface area contributed by atoms with Crippen LogP contribution in [0.25, 0.3) is 16.5 Å². The van der Waals surface area contributed by atoms with Crippen LogP contribution in [0.4, 0.5) is 0 Å². The molecule has 7 nitrogen and oxygen atoms in total. The Labute approximate surface area is 200 Å². The summed E-state index contributed by atoms with van der Waals surface area (Å²) in [5.74, 6) is -0.595. The molecule has 0 spiro atoms. The fraction of sp³-hybridized carbons (Fsp3) is 0.500. The molecule has 0 bridgehead atoms. The number of hydrogen-bond acceptors (Lipinski definition) is 7. The first-order valence-corrected chi connectivity index (χ1v) is 13.6. The summed E-state index contributed by atoms with van der Waals surface area (Å²) in [5.41, 5.74) is -0.311. The molecule has 0 amide bonds. The first-order valence-electron chi connectivity index (χ1n) is 11.3. The molecule has 180 valence electrons. The van der Waals surface area contributed by atoms with Gasteiger partial charge in [-0.3, -0.25) is 4.21 Å². The molecule has 2 unspecified atom stereocenters. The Morgan fingerprint density at radius 1 is 1.03 bits per heavy atom. The largest absolute Gasteiger partial charge is 0.493 e. The molecule has 0 fully saturated rings. The minimum atomic E-state index is -1.52. The molecule has 33 heavy (non-hydrogen) atoms. The zero-order valence-corrected chi connectivity index (χ0v) is 21.2. The lowest BCUT2D eigenvalue weighted by Crippen LogP contribution is -2.44. The second kappa shape index (κ2) is 12.8. The second-order valence-electron chi connectivity index (χ2n) is 7.28. The first kappa shape index (κ1) is 26.0. The quantitative estimate of drug-likeness (QED) is 0.244. The monoisotopic (exact) mass is 492 g/mol. The third-order valence-electron chi connectivity index (χ3n) is 4.97. The van der Waals surface area contributed by atoms with Gasteiger partial charge in [0.15, 0.2) is 5.44 Å². The van der Waals surface area contributed by atoms with Gasteiger partial charge in [0.1, 0.15) is 12.4 Å². The average Bonchev–Trinajstić information content (AvgIpc) is 2.81. The molecule has 2 radical (unpaired) electrons. The van der Waals surface area contributed by atoms with Gasteiger partial charge in [-0.15, -0.1) is 0 Å². The topological polar surface area (TPSA) is 83.5 Å². The van der Waals surface area contributed by atoms with Gasteiger partial charge < -0.3 is 28.5 Å². The number of benzene rings is 2. The second-order valence-corrected chi connectivity index (χ2v) is 9.88. The summed E-state index contributed by atoms with van der Waals surface area (Å²) in [4.78, 5) is 0.600. The standard InChI is InChI=1S/C24H32O7SSi/c1-4-28-24(29-5-2,30-6-3)17-31-33-13-9-12-27-21-16-23(25)32(26)22-15-19-11-8-7-10-18(19)14-20(21)22/h7-8,10-11,14-16,23,25H,4-6,9,12-13,17H2,1-3H3. The summed E-state index contributed by atoms with van der Waals surface area (Å²) in [6, 6.07) is 12.5. The van der Waals surface area contributed by atoms with Crippen molar-refractivity contribution in [1.29, 1.82) is 0 Å². The van der Waals surface area contributed by atoms with Crippen LogP contribution in [0.3, 0.4) is 0 Å². The highest BCUT2D eigenvalue weighted by atomic mass is 32.2. The normalized spacial score (nSPS) is 18.2. The highest BCUT2D eigenvalue weighted by Crippen LogP contribution is 2.34. The zero-order chi connectivity index (χ0) is 23.7. The molecule has 2 aromatic rings. The maximum atomic E-state index is 12.6. The van der Waals surface area contributed by atoms with Gasteiger partial charge in [-0.05, 0) is 62.2 Å². The average molecular weight is 493 g/mol. The van der Waals surface area contributed by atoms with E-state index in [4.69, 9.17) is 23.4 Å². The van der Waals surface area contributed by atoms with E-state index >= 15 is 0 Å². The Hall–Kier alpha value is -1.59. The summed E-state index contributed by atoms with van der Waals surface area (Å²) < 4.78 is 41.3. The van der Waals surface area contributed by atoms with E-state index in [1.165, 1.54) is 6.08 Å². The van der Waals surface area contributed by atoms with Gasteiger partial charge in [0.2, 0.25) is 9.76 Å². The van der Waals surface area contributed by atoms with E-state index < -0.39 is 22.2 Å². The van der Waals surface area contributed by atoms with Crippen molar-refractivity contribution >= 4 is 37.1 Å². The Bertz CT molecular complexity index is 948. The fourth-order valence-electron chi connectivity index (χ4n) is 3.56. The molecule has 0 saturated carbocycles. The van der Waals surface area contributed by atoms with Crippen molar-refractivity contribution in [1.82, 2.24) is 0 Å². The number of aliphatic hydroxyl groups excluding tert-OH is 1. The Kier molecular flexibility index (Phi) is 10.1. The molecule has 9 heteroatoms. The maximum absolute atomic E-state index is 12.6. The Balaban J connectivity index is 1.51. The molecule has 1 heterocycles. The number of aliphatic hydroxyl groups is 1. The van der Waals surface area contributed by atoms with Crippen molar-refractivity contribution in [2.45, 2.75) is 49.5 Å². The predicted molar refractivity (Wildman–Crippen MR) is 129 cm³/mol. The van der Waals surface area contributed by atoms with Gasteiger partial charge in [-0.1, -0.05) is 24.3 Å². The molecule has 0 aromatic heterocycles. The zero-order valence-electron chi connectivity index (χ0n) is 19.4. The summed E-state index contributed by atoms with van der Waals surface area (Å²) in [5, 5.41) is 12.3. The van der Waals surface area contributed by atoms with Gasteiger partial charge in [-0.25, -0.2) is 0 Å². The van der Waals surface area contributed by atoms with Gasteiger partial charge in [-0.2, -0.15) is 0 Å². The number of fused-ring (bicyclic) bond motifs is 2. The van der Waals surface area contributed by atoms with E-state index in [1.54, 1.807) is 0 Å². The highest BCUT2D eigenvalue weighted by molar-refractivity contribution is 7.85. The van der Waals surface area contributed by atoms with Crippen molar-refractivity contribution in [2.24, 2.45) is 0 Å². The van der Waals surface area contributed by atoms with Crippen molar-refractivity contribution in [3.05, 3.63) is 48.0 Å². The molecule has 3 rings (SSSR count). The van der Waals surface area contributed by atoms with Crippen LogP contribution in [0.15, 0.2) is 47.4 Å². The van der Waals surface area contributed by atoms with Gasteiger partial charge >= 0.3 is 5.97 Å². The van der Waals surface area contributed by atoms with E-state index in [-0.39, 0.29) is 16.4 Å². The van der Waals surface area contributed by atoms with Crippen molar-refractivity contribution in [2.75, 3.05) is 33.0 Å². The van der Waals surface area contributed by atoms with Gasteiger partial charge in [0.25, 0.3) is 0 Å². The summed E-state index contributed by atoms with van der Waals surface area (Å²) in [6.07, 6.45) is 2.30. The summed E-state index contributed by atoms with van der Waals surface area (Å²) >= 11 is 0. The van der Waals surface area contributed by atoms with E-state index in [0.717, 1.165) is 28.8 Å². The fourth-order valence-corrected chi connectivity index (χ4v) is 5.40. The molecular weight excluding hydrogens is 460 g/mol. The molecule has 0 aliphatic carbocycles. The van der Waals surface area contributed by atoms with Crippen LogP contribution in [0, 0.1) is 0 Å². The molecule has 0 saturated heterocycles. The van der Waals surface area contributed by atoms with Crippen LogP contribution in [-0.2, 0) is 34.2 Å². The first-order chi connectivity index (χ1) is 16.0. The van der Waals surface area contributed by atoms with E-state index in [2.05, 4.69) is 0 Å². The van der Waals surface area contributed by atoms with Gasteiger partial charge in [0.05, 0.1) is 22.3 Å². The molecule has 1 aliphatic heterocycles. The van der Waals surface area contributed by atoms with E-state index in [9.17, 15) is 9.32 Å². The van der Waals surface area contributed by atoms with E-state index in [0.29, 0.717) is 37.1 Å². The highest BCUT2D eigenvalue weighted by Gasteiger charge is 2.33. The molecule has 1 aliphatic rings. The third kappa shape index (κ3) is 6.72.